The molecule has 0 radical (unpaired) electrons. The first-order valence-electron chi connectivity index (χ1n) is 8.31. The number of hydrogen-bond donors (Lipinski definition) is 0. The Hall–Kier alpha value is -1.56. The molecular weight excluding hydrogens is 252 g/mol. The van der Waals surface area contributed by atoms with Crippen LogP contribution in [0.5, 0.6) is 0 Å². The highest BCUT2D eigenvalue weighted by Crippen LogP contribution is 2.50. The Balaban J connectivity index is 2.13. The third-order valence-electron chi connectivity index (χ3n) is 5.49. The van der Waals surface area contributed by atoms with Crippen LogP contribution in [0.3, 0.4) is 0 Å². The van der Waals surface area contributed by atoms with E-state index in [2.05, 4.69) is 69.3 Å². The van der Waals surface area contributed by atoms with Gasteiger partial charge in [-0.05, 0) is 50.2 Å². The van der Waals surface area contributed by atoms with Crippen molar-refractivity contribution in [3.63, 3.8) is 0 Å². The Morgan fingerprint density at radius 2 is 1.24 bits per heavy atom. The molecule has 0 spiro atoms. The van der Waals surface area contributed by atoms with Crippen molar-refractivity contribution in [2.45, 2.75) is 51.9 Å². The quantitative estimate of drug-likeness (QED) is 0.663. The van der Waals surface area contributed by atoms with E-state index in [0.29, 0.717) is 0 Å². The molecule has 21 heavy (non-hydrogen) atoms. The molecule has 1 aliphatic carbocycles. The molecule has 0 aromatic heterocycles. The van der Waals surface area contributed by atoms with Crippen LogP contribution in [0.2, 0.25) is 0 Å². The lowest BCUT2D eigenvalue weighted by Crippen LogP contribution is -2.39. The maximum absolute atomic E-state index is 2.36. The average molecular weight is 278 g/mol. The monoisotopic (exact) mass is 278 g/mol. The molecular formula is C21H26. The number of rotatable bonds is 4. The van der Waals surface area contributed by atoms with Gasteiger partial charge < -0.3 is 0 Å². The van der Waals surface area contributed by atoms with Gasteiger partial charge in [-0.2, -0.15) is 0 Å². The van der Waals surface area contributed by atoms with Crippen molar-refractivity contribution in [1.82, 2.24) is 0 Å². The van der Waals surface area contributed by atoms with E-state index in [0.717, 1.165) is 5.92 Å². The zero-order chi connectivity index (χ0) is 14.9. The molecule has 2 aromatic rings. The summed E-state index contributed by atoms with van der Waals surface area (Å²) in [5.74, 6) is 0.799. The van der Waals surface area contributed by atoms with Crippen LogP contribution in [0.15, 0.2) is 48.5 Å². The summed E-state index contributed by atoms with van der Waals surface area (Å²) in [7, 11) is 0. The summed E-state index contributed by atoms with van der Waals surface area (Å²) in [5.41, 5.74) is 5.91. The summed E-state index contributed by atoms with van der Waals surface area (Å²) in [4.78, 5) is 0. The molecule has 0 aliphatic heterocycles. The molecule has 0 amide bonds. The zero-order valence-corrected chi connectivity index (χ0v) is 13.5. The maximum atomic E-state index is 2.36. The van der Waals surface area contributed by atoms with E-state index >= 15 is 0 Å². The molecule has 0 bridgehead atoms. The first-order valence-corrected chi connectivity index (χ1v) is 8.31. The Morgan fingerprint density at radius 3 is 1.52 bits per heavy atom. The van der Waals surface area contributed by atoms with Gasteiger partial charge in [0.05, 0.1) is 0 Å². The Bertz CT molecular complexity index is 539. The largest absolute Gasteiger partial charge is 0.0642 e. The standard InChI is InChI=1S/C21H26/c1-4-21(18-6-5-7-18,19-12-8-16(2)9-13-19)20-14-10-17(3)11-15-20/h8-15,18H,4-7H2,1-3H3. The maximum Gasteiger partial charge on any atom is 0.0228 e. The Labute approximate surface area is 129 Å². The average Bonchev–Trinajstić information content (AvgIpc) is 2.45. The molecule has 0 heterocycles. The number of hydrogen-bond acceptors (Lipinski definition) is 0. The van der Waals surface area contributed by atoms with Gasteiger partial charge in [0.1, 0.15) is 0 Å². The number of aryl methyl sites for hydroxylation is 2. The van der Waals surface area contributed by atoms with Crippen LogP contribution in [0.1, 0.15) is 54.9 Å². The second kappa shape index (κ2) is 5.67. The van der Waals surface area contributed by atoms with Crippen LogP contribution in [0, 0.1) is 19.8 Å². The smallest absolute Gasteiger partial charge is 0.0228 e. The summed E-state index contributed by atoms with van der Waals surface area (Å²) in [6.45, 7) is 6.71. The summed E-state index contributed by atoms with van der Waals surface area (Å²) in [6.07, 6.45) is 5.32. The minimum Gasteiger partial charge on any atom is -0.0642 e. The minimum atomic E-state index is 0.208. The van der Waals surface area contributed by atoms with E-state index in [1.807, 2.05) is 0 Å². The molecule has 3 rings (SSSR count). The predicted octanol–water partition coefficient (Wildman–Crippen LogP) is 5.80. The molecule has 1 fully saturated rings. The van der Waals surface area contributed by atoms with Crippen LogP contribution in [-0.4, -0.2) is 0 Å². The normalized spacial score (nSPS) is 15.8. The van der Waals surface area contributed by atoms with Gasteiger partial charge in [-0.3, -0.25) is 0 Å². The van der Waals surface area contributed by atoms with E-state index in [1.54, 1.807) is 0 Å². The van der Waals surface area contributed by atoms with Crippen LogP contribution >= 0.6 is 0 Å². The van der Waals surface area contributed by atoms with Gasteiger partial charge >= 0.3 is 0 Å². The van der Waals surface area contributed by atoms with Crippen molar-refractivity contribution in [3.8, 4) is 0 Å². The van der Waals surface area contributed by atoms with Crippen LogP contribution in [0.25, 0.3) is 0 Å². The third kappa shape index (κ3) is 2.41. The van der Waals surface area contributed by atoms with E-state index in [9.17, 15) is 0 Å². The SMILES string of the molecule is CCC(c1ccc(C)cc1)(c1ccc(C)cc1)C1CCC1. The summed E-state index contributed by atoms with van der Waals surface area (Å²) < 4.78 is 0. The fourth-order valence-corrected chi connectivity index (χ4v) is 3.94. The van der Waals surface area contributed by atoms with Crippen LogP contribution in [-0.2, 0) is 5.41 Å². The van der Waals surface area contributed by atoms with E-state index in [4.69, 9.17) is 0 Å². The summed E-state index contributed by atoms with van der Waals surface area (Å²) in [5, 5.41) is 0. The molecule has 0 nitrogen and oxygen atoms in total. The van der Waals surface area contributed by atoms with Gasteiger partial charge in [0.15, 0.2) is 0 Å². The van der Waals surface area contributed by atoms with Crippen molar-refractivity contribution in [2.75, 3.05) is 0 Å². The van der Waals surface area contributed by atoms with Crippen molar-refractivity contribution in [1.29, 1.82) is 0 Å². The fraction of sp³-hybridized carbons (Fsp3) is 0.429. The summed E-state index contributed by atoms with van der Waals surface area (Å²) >= 11 is 0. The molecule has 2 aromatic carbocycles. The predicted molar refractivity (Wildman–Crippen MR) is 90.8 cm³/mol. The lowest BCUT2D eigenvalue weighted by molar-refractivity contribution is 0.190. The van der Waals surface area contributed by atoms with E-state index < -0.39 is 0 Å². The minimum absolute atomic E-state index is 0.208. The van der Waals surface area contributed by atoms with Crippen molar-refractivity contribution >= 4 is 0 Å². The first-order chi connectivity index (χ1) is 10.2. The molecule has 0 saturated heterocycles. The summed E-state index contributed by atoms with van der Waals surface area (Å²) in [6, 6.07) is 18.5. The fourth-order valence-electron chi connectivity index (χ4n) is 3.94. The van der Waals surface area contributed by atoms with Crippen LogP contribution in [0.4, 0.5) is 0 Å². The van der Waals surface area contributed by atoms with Crippen molar-refractivity contribution in [3.05, 3.63) is 70.8 Å². The van der Waals surface area contributed by atoms with Crippen molar-refractivity contribution in [2.24, 2.45) is 5.92 Å². The molecule has 110 valence electrons. The topological polar surface area (TPSA) is 0 Å². The second-order valence-corrected chi connectivity index (χ2v) is 6.68. The second-order valence-electron chi connectivity index (χ2n) is 6.68. The Morgan fingerprint density at radius 1 is 0.810 bits per heavy atom. The van der Waals surface area contributed by atoms with Gasteiger partial charge in [0.25, 0.3) is 0 Å². The lowest BCUT2D eigenvalue weighted by atomic mass is 9.57. The highest BCUT2D eigenvalue weighted by atomic mass is 14.5. The lowest BCUT2D eigenvalue weighted by Gasteiger charge is -2.46. The highest BCUT2D eigenvalue weighted by Gasteiger charge is 2.43. The van der Waals surface area contributed by atoms with Crippen LogP contribution < -0.4 is 0 Å². The van der Waals surface area contributed by atoms with Crippen molar-refractivity contribution < 1.29 is 0 Å². The van der Waals surface area contributed by atoms with E-state index in [-0.39, 0.29) is 5.41 Å². The number of benzene rings is 2. The molecule has 1 aliphatic rings. The van der Waals surface area contributed by atoms with E-state index in [1.165, 1.54) is 47.9 Å². The van der Waals surface area contributed by atoms with Gasteiger partial charge in [-0.25, -0.2) is 0 Å². The molecule has 0 N–H and O–H groups in total. The van der Waals surface area contributed by atoms with Gasteiger partial charge in [-0.15, -0.1) is 0 Å². The first kappa shape index (κ1) is 14.4. The van der Waals surface area contributed by atoms with Gasteiger partial charge in [-0.1, -0.05) is 73.0 Å². The highest BCUT2D eigenvalue weighted by molar-refractivity contribution is 5.42. The third-order valence-corrected chi connectivity index (χ3v) is 5.49. The molecule has 0 atom stereocenters. The molecule has 0 heteroatoms. The zero-order valence-electron chi connectivity index (χ0n) is 13.5. The molecule has 1 saturated carbocycles. The molecule has 0 unspecified atom stereocenters. The van der Waals surface area contributed by atoms with Gasteiger partial charge in [0.2, 0.25) is 0 Å². The van der Waals surface area contributed by atoms with Gasteiger partial charge in [0, 0.05) is 5.41 Å². The Kier molecular flexibility index (Phi) is 3.89.